The monoisotopic (exact) mass is 572 g/mol. The summed E-state index contributed by atoms with van der Waals surface area (Å²) in [5, 5.41) is 3.91. The highest BCUT2D eigenvalue weighted by atomic mass is 32.2. The molecule has 0 bridgehead atoms. The maximum absolute atomic E-state index is 13.3. The summed E-state index contributed by atoms with van der Waals surface area (Å²) in [7, 11) is -2.23. The summed E-state index contributed by atoms with van der Waals surface area (Å²) in [5.41, 5.74) is 5.53. The minimum atomic E-state index is -4.17. The van der Waals surface area contributed by atoms with Crippen LogP contribution in [0, 0.1) is 0 Å². The van der Waals surface area contributed by atoms with Crippen molar-refractivity contribution < 1.29 is 22.1 Å². The second kappa shape index (κ2) is 10.1. The van der Waals surface area contributed by atoms with Gasteiger partial charge in [-0.1, -0.05) is 12.5 Å². The molecular weight excluding hydrogens is 540 g/mol. The Kier molecular flexibility index (Phi) is 6.39. The molecule has 0 radical (unpaired) electrons. The number of aromatic amines is 1. The first-order chi connectivity index (χ1) is 19.9. The molecule has 0 atom stereocenters. The predicted molar refractivity (Wildman–Crippen MR) is 157 cm³/mol. The van der Waals surface area contributed by atoms with Crippen LogP contribution in [0.15, 0.2) is 59.5 Å². The highest BCUT2D eigenvalue weighted by Gasteiger charge is 2.30. The Morgan fingerprint density at radius 1 is 0.976 bits per heavy atom. The molecule has 9 nitrogen and oxygen atoms in total. The van der Waals surface area contributed by atoms with E-state index in [9.17, 15) is 13.2 Å². The summed E-state index contributed by atoms with van der Waals surface area (Å²) in [6.45, 7) is 4.60. The van der Waals surface area contributed by atoms with Gasteiger partial charge in [0.15, 0.2) is 0 Å². The van der Waals surface area contributed by atoms with Gasteiger partial charge in [-0.2, -0.15) is 8.42 Å². The second-order valence-electron chi connectivity index (χ2n) is 11.0. The van der Waals surface area contributed by atoms with Gasteiger partial charge in [0.05, 0.1) is 17.8 Å². The van der Waals surface area contributed by atoms with Gasteiger partial charge in [-0.15, -0.1) is 0 Å². The zero-order valence-corrected chi connectivity index (χ0v) is 23.7. The number of hydrogen-bond acceptors (Lipinski definition) is 7. The van der Waals surface area contributed by atoms with Gasteiger partial charge in [0.1, 0.15) is 23.0 Å². The highest BCUT2D eigenvalue weighted by molar-refractivity contribution is 7.87. The third kappa shape index (κ3) is 4.81. The van der Waals surface area contributed by atoms with E-state index in [-0.39, 0.29) is 23.1 Å². The van der Waals surface area contributed by atoms with E-state index in [4.69, 9.17) is 8.92 Å². The molecule has 0 spiro atoms. The molecule has 212 valence electrons. The van der Waals surface area contributed by atoms with Crippen LogP contribution in [0.1, 0.15) is 40.7 Å². The van der Waals surface area contributed by atoms with Crippen LogP contribution in [0.25, 0.3) is 22.2 Å². The standard InChI is InChI=1S/C31H32N4O5S/c1-34-13-14-39-29-17-22(6-9-27(29)34)41(37,38)40-28-10-7-23(30-24(28)18-32-31(30)36)26-16-21-15-20(5-8-25(21)33-26)19-35-11-3-2-4-12-35/h5-10,15-17,33H,2-4,11-14,18-19H2,1H3,(H,32,36). The third-order valence-electron chi connectivity index (χ3n) is 8.27. The first-order valence-electron chi connectivity index (χ1n) is 14.1. The van der Waals surface area contributed by atoms with E-state index in [2.05, 4.69) is 39.5 Å². The van der Waals surface area contributed by atoms with Crippen LogP contribution in [-0.4, -0.2) is 57.5 Å². The van der Waals surface area contributed by atoms with Gasteiger partial charge in [-0.3, -0.25) is 9.69 Å². The number of carbonyl (C=O) groups is 1. The fourth-order valence-corrected chi connectivity index (χ4v) is 7.06. The normalized spacial score (nSPS) is 17.2. The fourth-order valence-electron chi connectivity index (χ4n) is 6.08. The number of fused-ring (bicyclic) bond motifs is 3. The van der Waals surface area contributed by atoms with Crippen molar-refractivity contribution in [2.75, 3.05) is 38.2 Å². The molecule has 2 N–H and O–H groups in total. The number of ether oxygens (including phenoxy) is 1. The lowest BCUT2D eigenvalue weighted by Gasteiger charge is -2.27. The zero-order valence-electron chi connectivity index (χ0n) is 22.9. The van der Waals surface area contributed by atoms with Gasteiger partial charge in [0.25, 0.3) is 5.91 Å². The number of carbonyl (C=O) groups excluding carboxylic acids is 1. The minimum absolute atomic E-state index is 0.00219. The van der Waals surface area contributed by atoms with Crippen LogP contribution in [0.4, 0.5) is 5.69 Å². The molecule has 0 aliphatic carbocycles. The lowest BCUT2D eigenvalue weighted by atomic mass is 9.99. The van der Waals surface area contributed by atoms with E-state index in [1.54, 1.807) is 18.2 Å². The Morgan fingerprint density at radius 3 is 2.68 bits per heavy atom. The van der Waals surface area contributed by atoms with Crippen LogP contribution < -0.4 is 19.1 Å². The second-order valence-corrected chi connectivity index (χ2v) is 12.6. The average molecular weight is 573 g/mol. The Bertz CT molecular complexity index is 1770. The molecule has 1 amide bonds. The number of nitrogens with zero attached hydrogens (tertiary/aromatic N) is 2. The molecule has 0 saturated carbocycles. The number of hydrogen-bond donors (Lipinski definition) is 2. The van der Waals surface area contributed by atoms with E-state index < -0.39 is 10.1 Å². The van der Waals surface area contributed by atoms with Crippen LogP contribution in [0.5, 0.6) is 11.5 Å². The molecule has 1 fully saturated rings. The molecule has 10 heteroatoms. The summed E-state index contributed by atoms with van der Waals surface area (Å²) in [6.07, 6.45) is 3.82. The van der Waals surface area contributed by atoms with Crippen molar-refractivity contribution in [1.82, 2.24) is 15.2 Å². The average Bonchev–Trinajstić information content (AvgIpc) is 3.57. The van der Waals surface area contributed by atoms with Crippen LogP contribution >= 0.6 is 0 Å². The van der Waals surface area contributed by atoms with E-state index in [1.807, 2.05) is 11.9 Å². The minimum Gasteiger partial charge on any atom is -0.490 e. The van der Waals surface area contributed by atoms with Gasteiger partial charge in [0, 0.05) is 53.9 Å². The molecule has 1 saturated heterocycles. The number of benzene rings is 3. The molecule has 3 aliphatic heterocycles. The Morgan fingerprint density at radius 2 is 1.83 bits per heavy atom. The molecule has 3 aromatic carbocycles. The summed E-state index contributed by atoms with van der Waals surface area (Å²) in [4.78, 5) is 20.9. The quantitative estimate of drug-likeness (QED) is 0.324. The third-order valence-corrected chi connectivity index (χ3v) is 9.50. The van der Waals surface area contributed by atoms with Crippen molar-refractivity contribution in [1.29, 1.82) is 0 Å². The van der Waals surface area contributed by atoms with E-state index in [1.165, 1.54) is 37.0 Å². The lowest BCUT2D eigenvalue weighted by Crippen LogP contribution is -2.28. The van der Waals surface area contributed by atoms with Gasteiger partial charge >= 0.3 is 10.1 Å². The zero-order chi connectivity index (χ0) is 28.1. The van der Waals surface area contributed by atoms with E-state index in [0.717, 1.165) is 48.5 Å². The lowest BCUT2D eigenvalue weighted by molar-refractivity contribution is 0.0966. The number of anilines is 1. The fraction of sp³-hybridized carbons (Fsp3) is 0.323. The number of amides is 1. The SMILES string of the molecule is CN1CCOc2cc(S(=O)(=O)Oc3ccc(-c4cc5cc(CN6CCCCC6)ccc5[nH]4)c4c3CNC4=O)ccc21. The first-order valence-corrected chi connectivity index (χ1v) is 15.5. The molecule has 0 unspecified atom stereocenters. The first kappa shape index (κ1) is 25.9. The number of H-pyrrole nitrogens is 1. The van der Waals surface area contributed by atoms with Crippen molar-refractivity contribution in [3.63, 3.8) is 0 Å². The summed E-state index contributed by atoms with van der Waals surface area (Å²) < 4.78 is 37.9. The Labute approximate surface area is 239 Å². The topological polar surface area (TPSA) is 104 Å². The Balaban J connectivity index is 1.19. The van der Waals surface area contributed by atoms with Gasteiger partial charge in [-0.05, 0) is 74.0 Å². The van der Waals surface area contributed by atoms with Gasteiger partial charge < -0.3 is 24.1 Å². The van der Waals surface area contributed by atoms with Gasteiger partial charge in [-0.25, -0.2) is 0 Å². The van der Waals surface area contributed by atoms with Crippen molar-refractivity contribution in [3.8, 4) is 22.8 Å². The number of aromatic nitrogens is 1. The van der Waals surface area contributed by atoms with E-state index in [0.29, 0.717) is 29.0 Å². The van der Waals surface area contributed by atoms with Gasteiger partial charge in [0.2, 0.25) is 0 Å². The van der Waals surface area contributed by atoms with Crippen LogP contribution in [0.3, 0.4) is 0 Å². The number of nitrogens with one attached hydrogen (secondary N) is 2. The maximum Gasteiger partial charge on any atom is 0.339 e. The predicted octanol–water partition coefficient (Wildman–Crippen LogP) is 4.66. The molecule has 4 aromatic rings. The van der Waals surface area contributed by atoms with Crippen molar-refractivity contribution in [2.45, 2.75) is 37.2 Å². The summed E-state index contributed by atoms with van der Waals surface area (Å²) >= 11 is 0. The summed E-state index contributed by atoms with van der Waals surface area (Å²) in [5.74, 6) is 0.379. The molecule has 4 heterocycles. The van der Waals surface area contributed by atoms with Crippen molar-refractivity contribution in [3.05, 3.63) is 71.3 Å². The van der Waals surface area contributed by atoms with Crippen LogP contribution in [0.2, 0.25) is 0 Å². The molecular formula is C31H32N4O5S. The number of likely N-dealkylation sites (N-methyl/N-ethyl adjacent to an activating group) is 1. The molecule has 7 rings (SSSR count). The molecule has 3 aliphatic rings. The van der Waals surface area contributed by atoms with Crippen molar-refractivity contribution in [2.24, 2.45) is 0 Å². The highest BCUT2D eigenvalue weighted by Crippen LogP contribution is 2.38. The Hall–Kier alpha value is -4.02. The molecule has 41 heavy (non-hydrogen) atoms. The molecule has 1 aromatic heterocycles. The maximum atomic E-state index is 13.3. The van der Waals surface area contributed by atoms with Crippen molar-refractivity contribution >= 4 is 32.6 Å². The summed E-state index contributed by atoms with van der Waals surface area (Å²) in [6, 6.07) is 16.6. The number of likely N-dealkylation sites (tertiary alicyclic amines) is 1. The number of piperidine rings is 1. The van der Waals surface area contributed by atoms with E-state index >= 15 is 0 Å². The largest absolute Gasteiger partial charge is 0.490 e. The van der Waals surface area contributed by atoms with Crippen LogP contribution in [-0.2, 0) is 23.2 Å². The smallest absolute Gasteiger partial charge is 0.339 e. The number of rotatable bonds is 6.